The summed E-state index contributed by atoms with van der Waals surface area (Å²) in [5, 5.41) is 10.8. The molecule has 0 bridgehead atoms. The second-order valence-electron chi connectivity index (χ2n) is 7.46. The van der Waals surface area contributed by atoms with Crippen LogP contribution in [-0.2, 0) is 12.8 Å². The van der Waals surface area contributed by atoms with E-state index in [1.165, 1.54) is 17.5 Å². The number of aryl methyl sites for hydroxylation is 1. The van der Waals surface area contributed by atoms with E-state index < -0.39 is 5.60 Å². The molecule has 1 fully saturated rings. The van der Waals surface area contributed by atoms with Crippen molar-refractivity contribution in [1.29, 1.82) is 0 Å². The molecule has 20 heavy (non-hydrogen) atoms. The van der Waals surface area contributed by atoms with Crippen LogP contribution in [0, 0.1) is 5.41 Å². The minimum Gasteiger partial charge on any atom is -0.493 e. The number of fused-ring (bicyclic) bond motifs is 1. The van der Waals surface area contributed by atoms with Crippen molar-refractivity contribution in [2.45, 2.75) is 64.4 Å². The van der Waals surface area contributed by atoms with Crippen LogP contribution < -0.4 is 4.74 Å². The molecule has 0 aromatic heterocycles. The summed E-state index contributed by atoms with van der Waals surface area (Å²) in [6.45, 7) is 5.38. The van der Waals surface area contributed by atoms with Crippen LogP contribution in [0.15, 0.2) is 18.2 Å². The molecule has 110 valence electrons. The summed E-state index contributed by atoms with van der Waals surface area (Å²) in [4.78, 5) is 0. The highest BCUT2D eigenvalue weighted by molar-refractivity contribution is 5.39. The maximum atomic E-state index is 10.8. The van der Waals surface area contributed by atoms with Crippen LogP contribution >= 0.6 is 0 Å². The van der Waals surface area contributed by atoms with E-state index in [1.54, 1.807) is 0 Å². The van der Waals surface area contributed by atoms with Gasteiger partial charge >= 0.3 is 0 Å². The van der Waals surface area contributed by atoms with E-state index in [4.69, 9.17) is 4.74 Å². The van der Waals surface area contributed by atoms with Gasteiger partial charge in [-0.15, -0.1) is 0 Å². The molecule has 1 N–H and O–H groups in total. The van der Waals surface area contributed by atoms with Crippen molar-refractivity contribution in [2.75, 3.05) is 6.61 Å². The smallest absolute Gasteiger partial charge is 0.122 e. The lowest BCUT2D eigenvalue weighted by Gasteiger charge is -2.41. The third kappa shape index (κ3) is 3.01. The molecule has 1 heterocycles. The van der Waals surface area contributed by atoms with E-state index in [2.05, 4.69) is 32.0 Å². The Hall–Kier alpha value is -1.02. The first-order valence-corrected chi connectivity index (χ1v) is 7.93. The fourth-order valence-electron chi connectivity index (χ4n) is 3.95. The highest BCUT2D eigenvalue weighted by atomic mass is 16.5. The van der Waals surface area contributed by atoms with E-state index in [-0.39, 0.29) is 0 Å². The topological polar surface area (TPSA) is 29.5 Å². The number of ether oxygens (including phenoxy) is 1. The molecule has 1 aromatic rings. The summed E-state index contributed by atoms with van der Waals surface area (Å²) in [6, 6.07) is 6.51. The van der Waals surface area contributed by atoms with Crippen LogP contribution in [0.2, 0.25) is 0 Å². The lowest BCUT2D eigenvalue weighted by Crippen LogP contribution is -2.39. The first kappa shape index (κ1) is 13.9. The van der Waals surface area contributed by atoms with Gasteiger partial charge in [0.2, 0.25) is 0 Å². The molecule has 3 rings (SSSR count). The maximum absolute atomic E-state index is 10.8. The molecule has 2 heteroatoms. The van der Waals surface area contributed by atoms with Crippen molar-refractivity contribution in [3.8, 4) is 5.75 Å². The Balaban J connectivity index is 1.64. The zero-order valence-corrected chi connectivity index (χ0v) is 12.7. The van der Waals surface area contributed by atoms with Crippen LogP contribution in [0.25, 0.3) is 0 Å². The SMILES string of the molecule is CC1(C)CCCC(O)(CCc2ccc3c(c2)CCO3)C1. The van der Waals surface area contributed by atoms with Gasteiger partial charge in [-0.25, -0.2) is 0 Å². The molecule has 1 aliphatic heterocycles. The number of benzene rings is 1. The molecule has 1 unspecified atom stereocenters. The zero-order valence-electron chi connectivity index (χ0n) is 12.7. The Labute approximate surface area is 122 Å². The largest absolute Gasteiger partial charge is 0.493 e. The van der Waals surface area contributed by atoms with Crippen molar-refractivity contribution in [1.82, 2.24) is 0 Å². The Kier molecular flexibility index (Phi) is 3.53. The van der Waals surface area contributed by atoms with Crippen LogP contribution in [-0.4, -0.2) is 17.3 Å². The van der Waals surface area contributed by atoms with Gasteiger partial charge in [0.25, 0.3) is 0 Å². The first-order valence-electron chi connectivity index (χ1n) is 7.93. The number of hydrogen-bond acceptors (Lipinski definition) is 2. The molecule has 1 atom stereocenters. The monoisotopic (exact) mass is 274 g/mol. The van der Waals surface area contributed by atoms with Gasteiger partial charge < -0.3 is 9.84 Å². The first-order chi connectivity index (χ1) is 9.46. The molecule has 0 spiro atoms. The molecule has 0 saturated heterocycles. The third-order valence-electron chi connectivity index (χ3n) is 4.94. The van der Waals surface area contributed by atoms with E-state index in [0.29, 0.717) is 5.41 Å². The summed E-state index contributed by atoms with van der Waals surface area (Å²) in [5.74, 6) is 1.05. The lowest BCUT2D eigenvalue weighted by molar-refractivity contribution is -0.0446. The van der Waals surface area contributed by atoms with E-state index in [9.17, 15) is 5.11 Å². The average Bonchev–Trinajstić information content (AvgIpc) is 2.82. The van der Waals surface area contributed by atoms with Gasteiger partial charge in [-0.1, -0.05) is 32.4 Å². The normalized spacial score (nSPS) is 27.9. The highest BCUT2D eigenvalue weighted by Gasteiger charge is 2.37. The Bertz CT molecular complexity index is 492. The summed E-state index contributed by atoms with van der Waals surface area (Å²) in [7, 11) is 0. The van der Waals surface area contributed by atoms with Gasteiger partial charge in [-0.05, 0) is 54.7 Å². The highest BCUT2D eigenvalue weighted by Crippen LogP contribution is 2.43. The zero-order chi connectivity index (χ0) is 14.2. The van der Waals surface area contributed by atoms with Crippen molar-refractivity contribution in [2.24, 2.45) is 5.41 Å². The second-order valence-corrected chi connectivity index (χ2v) is 7.46. The molecule has 1 aliphatic carbocycles. The van der Waals surface area contributed by atoms with E-state index in [0.717, 1.165) is 50.9 Å². The molecule has 1 aromatic carbocycles. The second kappa shape index (κ2) is 5.07. The van der Waals surface area contributed by atoms with E-state index >= 15 is 0 Å². The average molecular weight is 274 g/mol. The number of rotatable bonds is 3. The summed E-state index contributed by atoms with van der Waals surface area (Å²) >= 11 is 0. The van der Waals surface area contributed by atoms with Gasteiger partial charge in [0.15, 0.2) is 0 Å². The number of aliphatic hydroxyl groups is 1. The van der Waals surface area contributed by atoms with Gasteiger partial charge in [-0.3, -0.25) is 0 Å². The van der Waals surface area contributed by atoms with Gasteiger partial charge in [0.05, 0.1) is 12.2 Å². The van der Waals surface area contributed by atoms with Gasteiger partial charge in [0, 0.05) is 6.42 Å². The summed E-state index contributed by atoms with van der Waals surface area (Å²) in [6.07, 6.45) is 7.18. The fourth-order valence-corrected chi connectivity index (χ4v) is 3.95. The Morgan fingerprint density at radius 3 is 2.90 bits per heavy atom. The van der Waals surface area contributed by atoms with Crippen molar-refractivity contribution < 1.29 is 9.84 Å². The van der Waals surface area contributed by atoms with Crippen LogP contribution in [0.5, 0.6) is 5.75 Å². The molecular formula is C18H26O2. The van der Waals surface area contributed by atoms with Crippen LogP contribution in [0.4, 0.5) is 0 Å². The third-order valence-corrected chi connectivity index (χ3v) is 4.94. The predicted molar refractivity (Wildman–Crippen MR) is 81.2 cm³/mol. The van der Waals surface area contributed by atoms with E-state index in [1.807, 2.05) is 0 Å². The standard InChI is InChI=1S/C18H26O2/c1-17(2)8-3-9-18(19,13-17)10-6-14-4-5-16-15(12-14)7-11-20-16/h4-5,12,19H,3,6-11,13H2,1-2H3. The van der Waals surface area contributed by atoms with Gasteiger partial charge in [0.1, 0.15) is 5.75 Å². The fraction of sp³-hybridized carbons (Fsp3) is 0.667. The Morgan fingerprint density at radius 2 is 2.10 bits per heavy atom. The minimum absolute atomic E-state index is 0.290. The molecule has 2 nitrogen and oxygen atoms in total. The molecule has 1 saturated carbocycles. The maximum Gasteiger partial charge on any atom is 0.122 e. The predicted octanol–water partition coefficient (Wildman–Crippen LogP) is 3.89. The molecule has 2 aliphatic rings. The minimum atomic E-state index is -0.461. The Morgan fingerprint density at radius 1 is 1.25 bits per heavy atom. The summed E-state index contributed by atoms with van der Waals surface area (Å²) in [5.41, 5.74) is 2.50. The van der Waals surface area contributed by atoms with Crippen LogP contribution in [0.1, 0.15) is 57.1 Å². The molecule has 0 radical (unpaired) electrons. The summed E-state index contributed by atoms with van der Waals surface area (Å²) < 4.78 is 5.55. The lowest BCUT2D eigenvalue weighted by atomic mass is 9.68. The molecule has 0 amide bonds. The molecular weight excluding hydrogens is 248 g/mol. The van der Waals surface area contributed by atoms with Crippen molar-refractivity contribution >= 4 is 0 Å². The van der Waals surface area contributed by atoms with Gasteiger partial charge in [-0.2, -0.15) is 0 Å². The number of hydrogen-bond donors (Lipinski definition) is 1. The van der Waals surface area contributed by atoms with Crippen molar-refractivity contribution in [3.05, 3.63) is 29.3 Å². The quantitative estimate of drug-likeness (QED) is 0.906. The van der Waals surface area contributed by atoms with Crippen molar-refractivity contribution in [3.63, 3.8) is 0 Å². The van der Waals surface area contributed by atoms with Crippen LogP contribution in [0.3, 0.4) is 0 Å².